The third kappa shape index (κ3) is 3.21. The Morgan fingerprint density at radius 2 is 1.47 bits per heavy atom. The standard InChI is InChI=1S/C32H32N3O/c1-19(2)22-13-11-14-23(20(3)4)30(22)35-27-16-9-8-15-26(27)34(6)32(35)29-21(5)33-18-25-24-12-7-10-17-28(24)36-31(25)29/h7-20H,1-6H3/q+1. The molecule has 3 aromatic heterocycles. The lowest BCUT2D eigenvalue weighted by atomic mass is 9.92. The van der Waals surface area contributed by atoms with Gasteiger partial charge in [-0.1, -0.05) is 76.2 Å². The molecule has 3 heterocycles. The first kappa shape index (κ1) is 22.5. The molecular weight excluding hydrogens is 442 g/mol. The zero-order valence-electron chi connectivity index (χ0n) is 21.8. The normalized spacial score (nSPS) is 12.1. The number of aryl methyl sites for hydroxylation is 2. The number of nitrogens with zero attached hydrogens (tertiary/aromatic N) is 3. The van der Waals surface area contributed by atoms with Crippen LogP contribution in [-0.4, -0.2) is 9.55 Å². The van der Waals surface area contributed by atoms with Crippen LogP contribution in [0.4, 0.5) is 0 Å². The number of rotatable bonds is 4. The van der Waals surface area contributed by atoms with Gasteiger partial charge in [-0.15, -0.1) is 0 Å². The zero-order chi connectivity index (χ0) is 25.1. The van der Waals surface area contributed by atoms with E-state index in [0.717, 1.165) is 39.0 Å². The van der Waals surface area contributed by atoms with Crippen molar-refractivity contribution in [1.82, 2.24) is 9.55 Å². The first-order chi connectivity index (χ1) is 17.4. The molecule has 0 aliphatic rings. The molecule has 0 radical (unpaired) electrons. The fourth-order valence-electron chi connectivity index (χ4n) is 5.62. The Kier molecular flexibility index (Phi) is 5.22. The zero-order valence-corrected chi connectivity index (χ0v) is 21.8. The second-order valence-corrected chi connectivity index (χ2v) is 10.4. The van der Waals surface area contributed by atoms with Gasteiger partial charge in [0.2, 0.25) is 0 Å². The van der Waals surface area contributed by atoms with Crippen LogP contribution in [0, 0.1) is 6.92 Å². The van der Waals surface area contributed by atoms with Crippen molar-refractivity contribution in [1.29, 1.82) is 0 Å². The molecule has 0 saturated carbocycles. The molecule has 0 amide bonds. The van der Waals surface area contributed by atoms with Gasteiger partial charge in [0.05, 0.1) is 12.7 Å². The average molecular weight is 475 g/mol. The number of benzene rings is 3. The minimum Gasteiger partial charge on any atom is -0.455 e. The lowest BCUT2D eigenvalue weighted by Gasteiger charge is -2.18. The van der Waals surface area contributed by atoms with E-state index >= 15 is 0 Å². The molecule has 6 rings (SSSR count). The Hall–Kier alpha value is -3.92. The summed E-state index contributed by atoms with van der Waals surface area (Å²) in [6, 6.07) is 23.6. The highest BCUT2D eigenvalue weighted by molar-refractivity contribution is 6.09. The molecular formula is C32H32N3O+. The number of hydrogen-bond donors (Lipinski definition) is 0. The third-order valence-electron chi connectivity index (χ3n) is 7.41. The van der Waals surface area contributed by atoms with Gasteiger partial charge >= 0.3 is 5.82 Å². The molecule has 0 saturated heterocycles. The molecule has 0 spiro atoms. The van der Waals surface area contributed by atoms with E-state index in [1.807, 2.05) is 18.3 Å². The van der Waals surface area contributed by atoms with Crippen molar-refractivity contribution in [3.05, 3.63) is 89.7 Å². The van der Waals surface area contributed by atoms with E-state index in [4.69, 9.17) is 9.40 Å². The molecule has 0 atom stereocenters. The van der Waals surface area contributed by atoms with Crippen LogP contribution < -0.4 is 4.57 Å². The van der Waals surface area contributed by atoms with Crippen molar-refractivity contribution in [3.8, 4) is 17.1 Å². The monoisotopic (exact) mass is 474 g/mol. The third-order valence-corrected chi connectivity index (χ3v) is 7.41. The molecule has 0 bridgehead atoms. The van der Waals surface area contributed by atoms with Gasteiger partial charge in [-0.3, -0.25) is 4.98 Å². The van der Waals surface area contributed by atoms with Gasteiger partial charge in [-0.2, -0.15) is 4.57 Å². The summed E-state index contributed by atoms with van der Waals surface area (Å²) in [6.45, 7) is 11.2. The van der Waals surface area contributed by atoms with Crippen molar-refractivity contribution in [2.45, 2.75) is 46.5 Å². The molecule has 0 N–H and O–H groups in total. The molecule has 0 aliphatic carbocycles. The van der Waals surface area contributed by atoms with Gasteiger partial charge in [0.1, 0.15) is 16.8 Å². The van der Waals surface area contributed by atoms with Crippen molar-refractivity contribution in [2.75, 3.05) is 0 Å². The molecule has 0 unspecified atom stereocenters. The number of imidazole rings is 1. The smallest absolute Gasteiger partial charge is 0.300 e. The van der Waals surface area contributed by atoms with Gasteiger partial charge in [0, 0.05) is 28.1 Å². The molecule has 4 heteroatoms. The average Bonchev–Trinajstić information content (AvgIpc) is 3.39. The summed E-state index contributed by atoms with van der Waals surface area (Å²) in [6.07, 6.45) is 1.95. The molecule has 4 nitrogen and oxygen atoms in total. The lowest BCUT2D eigenvalue weighted by Crippen LogP contribution is -2.30. The second-order valence-electron chi connectivity index (χ2n) is 10.4. The highest BCUT2D eigenvalue weighted by Crippen LogP contribution is 2.40. The maximum Gasteiger partial charge on any atom is 0.300 e. The fraction of sp³-hybridized carbons (Fsp3) is 0.250. The Balaban J connectivity index is 1.84. The van der Waals surface area contributed by atoms with E-state index in [1.54, 1.807) is 0 Å². The number of furan rings is 1. The second kappa shape index (κ2) is 8.34. The van der Waals surface area contributed by atoms with Crippen LogP contribution in [0.5, 0.6) is 0 Å². The molecule has 6 aromatic rings. The summed E-state index contributed by atoms with van der Waals surface area (Å²) in [5.74, 6) is 1.83. The summed E-state index contributed by atoms with van der Waals surface area (Å²) in [5, 5.41) is 2.14. The van der Waals surface area contributed by atoms with Crippen LogP contribution in [0.3, 0.4) is 0 Å². The van der Waals surface area contributed by atoms with E-state index < -0.39 is 0 Å². The largest absolute Gasteiger partial charge is 0.455 e. The first-order valence-corrected chi connectivity index (χ1v) is 12.8. The lowest BCUT2D eigenvalue weighted by molar-refractivity contribution is -0.633. The Morgan fingerprint density at radius 1 is 0.806 bits per heavy atom. The maximum absolute atomic E-state index is 6.55. The SMILES string of the molecule is Cc1ncc2c(oc3ccccc32)c1-c1n(-c2c(C(C)C)cccc2C(C)C)c2ccccc2[n+]1C. The summed E-state index contributed by atoms with van der Waals surface area (Å²) in [4.78, 5) is 4.88. The highest BCUT2D eigenvalue weighted by atomic mass is 16.3. The van der Waals surface area contributed by atoms with Gasteiger partial charge in [-0.05, 0) is 37.0 Å². The molecule has 0 aliphatic heterocycles. The highest BCUT2D eigenvalue weighted by Gasteiger charge is 2.33. The van der Waals surface area contributed by atoms with E-state index in [0.29, 0.717) is 11.8 Å². The Labute approximate surface area is 211 Å². The van der Waals surface area contributed by atoms with Crippen LogP contribution in [0.1, 0.15) is 56.4 Å². The number of para-hydroxylation sites is 4. The van der Waals surface area contributed by atoms with E-state index in [9.17, 15) is 0 Å². The van der Waals surface area contributed by atoms with Crippen LogP contribution in [0.2, 0.25) is 0 Å². The summed E-state index contributed by atoms with van der Waals surface area (Å²) >= 11 is 0. The number of hydrogen-bond acceptors (Lipinski definition) is 2. The quantitative estimate of drug-likeness (QED) is 0.243. The van der Waals surface area contributed by atoms with E-state index in [2.05, 4.69) is 105 Å². The molecule has 180 valence electrons. The molecule has 0 fully saturated rings. The minimum atomic E-state index is 0.374. The molecule has 3 aromatic carbocycles. The molecule has 36 heavy (non-hydrogen) atoms. The number of pyridine rings is 1. The van der Waals surface area contributed by atoms with Crippen molar-refractivity contribution in [3.63, 3.8) is 0 Å². The summed E-state index contributed by atoms with van der Waals surface area (Å²) in [5.41, 5.74) is 10.1. The predicted molar refractivity (Wildman–Crippen MR) is 148 cm³/mol. The van der Waals surface area contributed by atoms with Crippen molar-refractivity contribution in [2.24, 2.45) is 7.05 Å². The van der Waals surface area contributed by atoms with Crippen molar-refractivity contribution >= 4 is 33.0 Å². The Bertz CT molecular complexity index is 1740. The van der Waals surface area contributed by atoms with Gasteiger partial charge < -0.3 is 4.42 Å². The first-order valence-electron chi connectivity index (χ1n) is 12.8. The maximum atomic E-state index is 6.55. The predicted octanol–water partition coefficient (Wildman–Crippen LogP) is 7.97. The number of fused-ring (bicyclic) bond motifs is 4. The van der Waals surface area contributed by atoms with Crippen LogP contribution in [0.25, 0.3) is 50.0 Å². The summed E-state index contributed by atoms with van der Waals surface area (Å²) < 4.78 is 11.3. The topological polar surface area (TPSA) is 34.8 Å². The van der Waals surface area contributed by atoms with Gasteiger partial charge in [-0.25, -0.2) is 4.57 Å². The van der Waals surface area contributed by atoms with Crippen LogP contribution in [-0.2, 0) is 7.05 Å². The van der Waals surface area contributed by atoms with Gasteiger partial charge in [0.25, 0.3) is 0 Å². The van der Waals surface area contributed by atoms with E-state index in [1.165, 1.54) is 27.8 Å². The van der Waals surface area contributed by atoms with Crippen LogP contribution >= 0.6 is 0 Å². The van der Waals surface area contributed by atoms with Gasteiger partial charge in [0.15, 0.2) is 16.6 Å². The number of aromatic nitrogens is 3. The van der Waals surface area contributed by atoms with Crippen LogP contribution in [0.15, 0.2) is 77.3 Å². The minimum absolute atomic E-state index is 0.374. The van der Waals surface area contributed by atoms with Crippen molar-refractivity contribution < 1.29 is 8.98 Å². The fourth-order valence-corrected chi connectivity index (χ4v) is 5.62. The Morgan fingerprint density at radius 3 is 2.19 bits per heavy atom. The summed E-state index contributed by atoms with van der Waals surface area (Å²) in [7, 11) is 2.15. The van der Waals surface area contributed by atoms with E-state index in [-0.39, 0.29) is 0 Å².